The van der Waals surface area contributed by atoms with Gasteiger partial charge >= 0.3 is 24.1 Å². The number of likely N-dealkylation sites (N-methyl/N-ethyl adjacent to an activating group) is 1. The Balaban J connectivity index is 0.00000392. The molecule has 0 unspecified atom stereocenters. The SMILES string of the molecule is C/C(=C\[C@H](C)COC(=O)[C@@H](NC(=O)[C@@H](Cc1ccc(O[Si](C)(C)C(C)(C)C)cc1)N(C)C(=O)[C@H](C)N)C(C)C)C[C@H](C)C(=O)OC(C)(C)C.O=C(O)C(F)(F)F. The van der Waals surface area contributed by atoms with Crippen LogP contribution >= 0.6 is 0 Å². The number of hydrogen-bond acceptors (Lipinski definition) is 9. The van der Waals surface area contributed by atoms with E-state index in [4.69, 9.17) is 29.5 Å². The number of benzene rings is 1. The van der Waals surface area contributed by atoms with Crippen molar-refractivity contribution in [2.45, 2.75) is 144 Å². The van der Waals surface area contributed by atoms with E-state index in [9.17, 15) is 32.3 Å². The summed E-state index contributed by atoms with van der Waals surface area (Å²) in [5.74, 6) is -4.38. The molecule has 1 rings (SSSR count). The molecule has 5 atom stereocenters. The van der Waals surface area contributed by atoms with Crippen molar-refractivity contribution in [1.82, 2.24) is 10.2 Å². The molecule has 1 aromatic carbocycles. The fraction of sp³-hybridized carbons (Fsp3) is 0.675. The molecule has 0 fully saturated rings. The van der Waals surface area contributed by atoms with Gasteiger partial charge in [-0.3, -0.25) is 14.4 Å². The standard InChI is InChI=1S/C38H65N3O7Si.C2HF3O2/c1-24(2)32(36(45)46-23-26(4)20-25(3)21-27(5)35(44)47-37(7,8)9)40-33(42)31(41(13)34(43)28(6)39)22-29-16-18-30(19-17-29)48-49(14,15)38(10,11)12;3-2(4,5)1(6)7/h16-20,24,26-28,31-32H,21-23,39H2,1-15H3,(H,40,42);(H,6,7)/b25-20+;/t26-,27-,28-,31+,32-;/m0./s1. The molecule has 0 aromatic heterocycles. The molecule has 0 saturated carbocycles. The summed E-state index contributed by atoms with van der Waals surface area (Å²) < 4.78 is 49.3. The lowest BCUT2D eigenvalue weighted by Crippen LogP contribution is -2.56. The summed E-state index contributed by atoms with van der Waals surface area (Å²) in [4.78, 5) is 62.7. The van der Waals surface area contributed by atoms with E-state index in [1.165, 1.54) is 4.90 Å². The smallest absolute Gasteiger partial charge is 0.490 e. The molecule has 0 bridgehead atoms. The summed E-state index contributed by atoms with van der Waals surface area (Å²) in [6, 6.07) is 4.91. The number of hydrogen-bond donors (Lipinski definition) is 3. The van der Waals surface area contributed by atoms with Crippen molar-refractivity contribution >= 4 is 38.0 Å². The van der Waals surface area contributed by atoms with Crippen molar-refractivity contribution in [3.05, 3.63) is 41.5 Å². The van der Waals surface area contributed by atoms with Gasteiger partial charge in [0.1, 0.15) is 23.4 Å². The minimum absolute atomic E-state index is 0.0422. The first-order valence-electron chi connectivity index (χ1n) is 18.7. The number of nitrogens with two attached hydrogens (primary N) is 1. The third kappa shape index (κ3) is 18.8. The van der Waals surface area contributed by atoms with Crippen molar-refractivity contribution in [2.75, 3.05) is 13.7 Å². The molecule has 12 nitrogen and oxygen atoms in total. The van der Waals surface area contributed by atoms with E-state index in [0.717, 1.165) is 16.9 Å². The van der Waals surface area contributed by atoms with Crippen LogP contribution in [0, 0.1) is 17.8 Å². The van der Waals surface area contributed by atoms with Gasteiger partial charge < -0.3 is 35.0 Å². The number of ether oxygens (including phenoxy) is 2. The van der Waals surface area contributed by atoms with Gasteiger partial charge in [0, 0.05) is 19.4 Å². The highest BCUT2D eigenvalue weighted by Crippen LogP contribution is 2.37. The minimum Gasteiger partial charge on any atom is -0.544 e. The molecule has 0 radical (unpaired) electrons. The number of rotatable bonds is 16. The van der Waals surface area contributed by atoms with Gasteiger partial charge in [0.05, 0.1) is 18.6 Å². The highest BCUT2D eigenvalue weighted by Gasteiger charge is 2.40. The van der Waals surface area contributed by atoms with Crippen LogP contribution in [0.25, 0.3) is 0 Å². The summed E-state index contributed by atoms with van der Waals surface area (Å²) >= 11 is 0. The number of halogens is 3. The van der Waals surface area contributed by atoms with E-state index >= 15 is 0 Å². The summed E-state index contributed by atoms with van der Waals surface area (Å²) in [5, 5.41) is 10.0. The van der Waals surface area contributed by atoms with E-state index in [-0.39, 0.29) is 41.8 Å². The Hall–Kier alpha value is -3.92. The van der Waals surface area contributed by atoms with Crippen LogP contribution in [-0.2, 0) is 39.9 Å². The Morgan fingerprint density at radius 3 is 1.84 bits per heavy atom. The molecular weight excluding hydrogens is 752 g/mol. The second kappa shape index (κ2) is 21.6. The Morgan fingerprint density at radius 2 is 1.43 bits per heavy atom. The molecule has 16 heteroatoms. The number of carbonyl (C=O) groups excluding carboxylic acids is 4. The van der Waals surface area contributed by atoms with Crippen LogP contribution in [-0.4, -0.2) is 91.6 Å². The predicted octanol–water partition coefficient (Wildman–Crippen LogP) is 7.05. The van der Waals surface area contributed by atoms with Crippen molar-refractivity contribution in [3.63, 3.8) is 0 Å². The number of esters is 2. The van der Waals surface area contributed by atoms with E-state index in [1.54, 1.807) is 14.0 Å². The van der Waals surface area contributed by atoms with Gasteiger partial charge in [-0.15, -0.1) is 0 Å². The fourth-order valence-electron chi connectivity index (χ4n) is 4.87. The second-order valence-electron chi connectivity index (χ2n) is 17.3. The molecule has 0 aliphatic heterocycles. The zero-order chi connectivity index (χ0) is 44.1. The Bertz CT molecular complexity index is 1500. The maximum absolute atomic E-state index is 13.8. The molecule has 320 valence electrons. The topological polar surface area (TPSA) is 175 Å². The molecule has 4 N–H and O–H groups in total. The third-order valence-electron chi connectivity index (χ3n) is 8.99. The number of nitrogens with one attached hydrogen (secondary N) is 1. The van der Waals surface area contributed by atoms with Gasteiger partial charge in [-0.05, 0) is 82.8 Å². The first-order chi connectivity index (χ1) is 25.2. The third-order valence-corrected chi connectivity index (χ3v) is 13.4. The molecule has 0 aliphatic rings. The minimum atomic E-state index is -5.08. The molecule has 0 heterocycles. The van der Waals surface area contributed by atoms with Crippen LogP contribution in [0.5, 0.6) is 5.75 Å². The van der Waals surface area contributed by atoms with Crippen molar-refractivity contribution < 1.29 is 56.2 Å². The Labute approximate surface area is 332 Å². The van der Waals surface area contributed by atoms with E-state index in [1.807, 2.05) is 85.7 Å². The molecule has 0 saturated heterocycles. The number of alkyl halides is 3. The zero-order valence-electron chi connectivity index (χ0n) is 35.8. The summed E-state index contributed by atoms with van der Waals surface area (Å²) in [6.45, 7) is 27.4. The Morgan fingerprint density at radius 1 is 0.929 bits per heavy atom. The average Bonchev–Trinajstić information content (AvgIpc) is 3.03. The molecule has 0 aliphatic carbocycles. The lowest BCUT2D eigenvalue weighted by molar-refractivity contribution is -0.192. The first kappa shape index (κ1) is 52.1. The molecule has 1 aromatic rings. The monoisotopic (exact) mass is 817 g/mol. The van der Waals surface area contributed by atoms with Gasteiger partial charge in [-0.1, -0.05) is 72.2 Å². The largest absolute Gasteiger partial charge is 0.544 e. The number of nitrogens with zero attached hydrogens (tertiary/aromatic N) is 1. The lowest BCUT2D eigenvalue weighted by atomic mass is 9.99. The van der Waals surface area contributed by atoms with Gasteiger partial charge in [-0.2, -0.15) is 13.2 Å². The maximum atomic E-state index is 13.8. The summed E-state index contributed by atoms with van der Waals surface area (Å²) in [6.07, 6.45) is -2.37. The fourth-order valence-corrected chi connectivity index (χ4v) is 5.90. The summed E-state index contributed by atoms with van der Waals surface area (Å²) in [5.41, 5.74) is 7.17. The average molecular weight is 818 g/mol. The zero-order valence-corrected chi connectivity index (χ0v) is 36.8. The number of carbonyl (C=O) groups is 5. The van der Waals surface area contributed by atoms with Crippen molar-refractivity contribution in [1.29, 1.82) is 0 Å². The van der Waals surface area contributed by atoms with Crippen molar-refractivity contribution in [2.24, 2.45) is 23.5 Å². The van der Waals surface area contributed by atoms with Crippen LogP contribution in [0.4, 0.5) is 13.2 Å². The summed E-state index contributed by atoms with van der Waals surface area (Å²) in [7, 11) is -0.485. The normalized spacial score (nSPS) is 15.2. The Kier molecular flexibility index (Phi) is 20.0. The molecule has 0 spiro atoms. The van der Waals surface area contributed by atoms with Crippen LogP contribution in [0.2, 0.25) is 18.1 Å². The molecule has 56 heavy (non-hydrogen) atoms. The van der Waals surface area contributed by atoms with Gasteiger partial charge in [0.25, 0.3) is 0 Å². The van der Waals surface area contributed by atoms with E-state index in [2.05, 4.69) is 39.2 Å². The van der Waals surface area contributed by atoms with Crippen LogP contribution in [0.15, 0.2) is 35.9 Å². The van der Waals surface area contributed by atoms with Crippen molar-refractivity contribution in [3.8, 4) is 5.75 Å². The van der Waals surface area contributed by atoms with Crippen LogP contribution in [0.3, 0.4) is 0 Å². The molecule has 2 amide bonds. The lowest BCUT2D eigenvalue weighted by Gasteiger charge is -2.36. The second-order valence-corrected chi connectivity index (χ2v) is 22.0. The number of allylic oxidation sites excluding steroid dienone is 1. The number of carboxylic acid groups (broad SMARTS) is 1. The van der Waals surface area contributed by atoms with Gasteiger partial charge in [-0.25, -0.2) is 9.59 Å². The quantitative estimate of drug-likeness (QED) is 0.0891. The van der Waals surface area contributed by atoms with Crippen LogP contribution in [0.1, 0.15) is 95.1 Å². The first-order valence-corrected chi connectivity index (χ1v) is 21.6. The number of amides is 2. The van der Waals surface area contributed by atoms with Crippen LogP contribution < -0.4 is 15.5 Å². The van der Waals surface area contributed by atoms with Gasteiger partial charge in [0.2, 0.25) is 20.1 Å². The maximum Gasteiger partial charge on any atom is 0.490 e. The number of aliphatic carboxylic acids is 1. The number of carboxylic acids is 1. The highest BCUT2D eigenvalue weighted by molar-refractivity contribution is 6.74. The van der Waals surface area contributed by atoms with Gasteiger partial charge in [0.15, 0.2) is 0 Å². The van der Waals surface area contributed by atoms with E-state index < -0.39 is 62.0 Å². The molecular formula is C40H66F3N3O9Si. The highest BCUT2D eigenvalue weighted by atomic mass is 28.4. The van der Waals surface area contributed by atoms with E-state index in [0.29, 0.717) is 6.42 Å². The predicted molar refractivity (Wildman–Crippen MR) is 212 cm³/mol.